The molecule has 0 aliphatic rings. The van der Waals surface area contributed by atoms with Gasteiger partial charge >= 0.3 is 0 Å². The van der Waals surface area contributed by atoms with Crippen LogP contribution in [0.1, 0.15) is 0 Å². The second-order valence-corrected chi connectivity index (χ2v) is 2.01. The average Bonchev–Trinajstić information content (AvgIpc) is 1.98. The molecule has 0 aliphatic carbocycles. The van der Waals surface area contributed by atoms with Crippen LogP contribution in [0.5, 0.6) is 0 Å². The van der Waals surface area contributed by atoms with Crippen molar-refractivity contribution < 1.29 is 9.90 Å². The molecule has 1 amide bonds. The maximum atomic E-state index is 10.7. The molecule has 0 aliphatic heterocycles. The van der Waals surface area contributed by atoms with Crippen LogP contribution in [-0.4, -0.2) is 49.7 Å². The molecular weight excluding hydrogens is 132 g/mol. The Morgan fingerprint density at radius 1 is 1.70 bits per heavy atom. The van der Waals surface area contributed by atoms with Crippen LogP contribution in [0.4, 0.5) is 0 Å². The van der Waals surface area contributed by atoms with E-state index < -0.39 is 6.61 Å². The molecule has 4 nitrogen and oxygen atoms in total. The number of carbonyl (C=O) groups is 1. The summed E-state index contributed by atoms with van der Waals surface area (Å²) in [7, 11) is 3.33. The number of carbonyl (C=O) groups excluding carboxylic acids is 1. The summed E-state index contributed by atoms with van der Waals surface area (Å²) in [6, 6.07) is 0. The Morgan fingerprint density at radius 3 is 2.70 bits per heavy atom. The fraction of sp³-hybridized carbons (Fsp3) is 0.833. The Balaban J connectivity index is 3.41. The van der Waals surface area contributed by atoms with Gasteiger partial charge in [0.05, 0.1) is 0 Å². The highest BCUT2D eigenvalue weighted by atomic mass is 16.3. The third-order valence-corrected chi connectivity index (χ3v) is 1.22. The van der Waals surface area contributed by atoms with Crippen molar-refractivity contribution in [2.24, 2.45) is 0 Å². The van der Waals surface area contributed by atoms with Crippen molar-refractivity contribution in [2.45, 2.75) is 0 Å². The monoisotopic (exact) mass is 145 g/mol. The van der Waals surface area contributed by atoms with Crippen molar-refractivity contribution >= 4 is 5.91 Å². The van der Waals surface area contributed by atoms with Gasteiger partial charge in [-0.2, -0.15) is 0 Å². The SMILES string of the molecule is C[N]CCN(C)C(=O)CO. The summed E-state index contributed by atoms with van der Waals surface area (Å²) < 4.78 is 0. The first-order valence-corrected chi connectivity index (χ1v) is 3.12. The quantitative estimate of drug-likeness (QED) is 0.533. The minimum Gasteiger partial charge on any atom is -0.387 e. The molecule has 4 heteroatoms. The molecule has 0 aromatic carbocycles. The van der Waals surface area contributed by atoms with Gasteiger partial charge < -0.3 is 10.0 Å². The van der Waals surface area contributed by atoms with E-state index >= 15 is 0 Å². The van der Waals surface area contributed by atoms with Gasteiger partial charge in [-0.05, 0) is 0 Å². The number of aliphatic hydroxyl groups excluding tert-OH is 1. The highest BCUT2D eigenvalue weighted by molar-refractivity contribution is 5.76. The van der Waals surface area contributed by atoms with Crippen LogP contribution >= 0.6 is 0 Å². The molecule has 0 spiro atoms. The maximum absolute atomic E-state index is 10.7. The molecule has 1 radical (unpaired) electrons. The van der Waals surface area contributed by atoms with Crippen molar-refractivity contribution in [1.29, 1.82) is 0 Å². The molecule has 1 N–H and O–H groups in total. The standard InChI is InChI=1S/C6H13N2O2/c1-7-3-4-8(2)6(10)5-9/h9H,3-5H2,1-2H3. The summed E-state index contributed by atoms with van der Waals surface area (Å²) in [4.78, 5) is 12.1. The van der Waals surface area contributed by atoms with E-state index in [0.29, 0.717) is 13.1 Å². The van der Waals surface area contributed by atoms with Crippen molar-refractivity contribution in [2.75, 3.05) is 33.8 Å². The lowest BCUT2D eigenvalue weighted by Gasteiger charge is -2.14. The van der Waals surface area contributed by atoms with Gasteiger partial charge in [-0.3, -0.25) is 4.79 Å². The van der Waals surface area contributed by atoms with E-state index in [4.69, 9.17) is 5.11 Å². The summed E-state index contributed by atoms with van der Waals surface area (Å²) in [5, 5.41) is 12.2. The number of hydrogen-bond donors (Lipinski definition) is 1. The smallest absolute Gasteiger partial charge is 0.248 e. The zero-order valence-electron chi connectivity index (χ0n) is 6.37. The Labute approximate surface area is 60.8 Å². The molecule has 0 aromatic heterocycles. The zero-order chi connectivity index (χ0) is 7.98. The second-order valence-electron chi connectivity index (χ2n) is 2.01. The van der Waals surface area contributed by atoms with Gasteiger partial charge in [0, 0.05) is 27.2 Å². The van der Waals surface area contributed by atoms with E-state index in [0.717, 1.165) is 0 Å². The van der Waals surface area contributed by atoms with Crippen molar-refractivity contribution in [3.63, 3.8) is 0 Å². The predicted molar refractivity (Wildman–Crippen MR) is 37.6 cm³/mol. The summed E-state index contributed by atoms with van der Waals surface area (Å²) in [5.41, 5.74) is 0. The topological polar surface area (TPSA) is 54.6 Å². The first-order valence-electron chi connectivity index (χ1n) is 3.12. The van der Waals surface area contributed by atoms with E-state index in [1.165, 1.54) is 4.90 Å². The number of aliphatic hydroxyl groups is 1. The minimum atomic E-state index is -0.416. The average molecular weight is 145 g/mol. The predicted octanol–water partition coefficient (Wildman–Crippen LogP) is -1.33. The zero-order valence-corrected chi connectivity index (χ0v) is 6.37. The summed E-state index contributed by atoms with van der Waals surface area (Å²) in [6.07, 6.45) is 0. The molecule has 0 saturated heterocycles. The number of rotatable bonds is 4. The second kappa shape index (κ2) is 5.20. The van der Waals surface area contributed by atoms with Gasteiger partial charge in [0.25, 0.3) is 0 Å². The van der Waals surface area contributed by atoms with Gasteiger partial charge in [0.15, 0.2) is 0 Å². The molecule has 0 rings (SSSR count). The van der Waals surface area contributed by atoms with Gasteiger partial charge in [0.2, 0.25) is 5.91 Å². The first kappa shape index (κ1) is 9.39. The number of hydrogen-bond acceptors (Lipinski definition) is 2. The third kappa shape index (κ3) is 3.42. The van der Waals surface area contributed by atoms with E-state index in [9.17, 15) is 4.79 Å². The molecular formula is C6H13N2O2. The van der Waals surface area contributed by atoms with E-state index in [-0.39, 0.29) is 5.91 Å². The molecule has 0 atom stereocenters. The Bertz CT molecular complexity index is 106. The highest BCUT2D eigenvalue weighted by Gasteiger charge is 2.04. The lowest BCUT2D eigenvalue weighted by molar-refractivity contribution is -0.132. The van der Waals surface area contributed by atoms with Crippen LogP contribution in [0.15, 0.2) is 0 Å². The van der Waals surface area contributed by atoms with Crippen LogP contribution in [0.3, 0.4) is 0 Å². The lowest BCUT2D eigenvalue weighted by atomic mass is 10.5. The molecule has 0 bridgehead atoms. The normalized spacial score (nSPS) is 9.50. The number of amides is 1. The first-order chi connectivity index (χ1) is 4.72. The summed E-state index contributed by atoms with van der Waals surface area (Å²) in [6.45, 7) is 0.790. The Morgan fingerprint density at radius 2 is 2.30 bits per heavy atom. The van der Waals surface area contributed by atoms with E-state index in [1.807, 2.05) is 0 Å². The molecule has 0 aromatic rings. The van der Waals surface area contributed by atoms with Gasteiger partial charge in [0.1, 0.15) is 6.61 Å². The molecule has 0 heterocycles. The van der Waals surface area contributed by atoms with Gasteiger partial charge in [-0.15, -0.1) is 0 Å². The van der Waals surface area contributed by atoms with Crippen molar-refractivity contribution in [3.8, 4) is 0 Å². The molecule has 0 fully saturated rings. The van der Waals surface area contributed by atoms with Crippen LogP contribution in [-0.2, 0) is 4.79 Å². The Kier molecular flexibility index (Phi) is 4.88. The van der Waals surface area contributed by atoms with Gasteiger partial charge in [-0.1, -0.05) is 0 Å². The fourth-order valence-electron chi connectivity index (χ4n) is 0.495. The van der Waals surface area contributed by atoms with Crippen LogP contribution in [0, 0.1) is 0 Å². The maximum Gasteiger partial charge on any atom is 0.248 e. The number of nitrogens with zero attached hydrogens (tertiary/aromatic N) is 2. The summed E-state index contributed by atoms with van der Waals surface area (Å²) >= 11 is 0. The van der Waals surface area contributed by atoms with E-state index in [2.05, 4.69) is 5.32 Å². The highest BCUT2D eigenvalue weighted by Crippen LogP contribution is 1.81. The third-order valence-electron chi connectivity index (χ3n) is 1.22. The summed E-state index contributed by atoms with van der Waals surface area (Å²) in [5.74, 6) is -0.261. The van der Waals surface area contributed by atoms with Gasteiger partial charge in [-0.25, -0.2) is 5.32 Å². The fourth-order valence-corrected chi connectivity index (χ4v) is 0.495. The van der Waals surface area contributed by atoms with Crippen LogP contribution < -0.4 is 5.32 Å². The van der Waals surface area contributed by atoms with Crippen LogP contribution in [0.2, 0.25) is 0 Å². The molecule has 0 saturated carbocycles. The molecule has 10 heavy (non-hydrogen) atoms. The Hall–Kier alpha value is -0.610. The minimum absolute atomic E-state index is 0.261. The number of likely N-dealkylation sites (N-methyl/N-ethyl adjacent to an activating group) is 2. The molecule has 59 valence electrons. The molecule has 0 unspecified atom stereocenters. The van der Waals surface area contributed by atoms with Crippen molar-refractivity contribution in [1.82, 2.24) is 10.2 Å². The van der Waals surface area contributed by atoms with E-state index in [1.54, 1.807) is 14.1 Å². The lowest BCUT2D eigenvalue weighted by Crippen LogP contribution is -2.33. The van der Waals surface area contributed by atoms with Crippen molar-refractivity contribution in [3.05, 3.63) is 0 Å². The van der Waals surface area contributed by atoms with Crippen LogP contribution in [0.25, 0.3) is 0 Å². The largest absolute Gasteiger partial charge is 0.387 e.